The predicted octanol–water partition coefficient (Wildman–Crippen LogP) is 2.09. The van der Waals surface area contributed by atoms with E-state index in [4.69, 9.17) is 4.52 Å². The molecule has 2 aromatic carbocycles. The first-order valence-electron chi connectivity index (χ1n) is 9.48. The van der Waals surface area contributed by atoms with Crippen LogP contribution in [0.4, 0.5) is 0 Å². The summed E-state index contributed by atoms with van der Waals surface area (Å²) in [5.74, 6) is 0.639. The number of hydrogen-bond donors (Lipinski definition) is 1. The molecule has 0 radical (unpaired) electrons. The average Bonchev–Trinajstić information content (AvgIpc) is 3.29. The summed E-state index contributed by atoms with van der Waals surface area (Å²) in [6, 6.07) is 19.5. The van der Waals surface area contributed by atoms with E-state index in [0.717, 1.165) is 26.2 Å². The predicted molar refractivity (Wildman–Crippen MR) is 102 cm³/mol. The van der Waals surface area contributed by atoms with Crippen molar-refractivity contribution in [3.8, 4) is 11.1 Å². The molecule has 0 atom stereocenters. The number of hydrogen-bond acceptors (Lipinski definition) is 3. The number of benzene rings is 2. The summed E-state index contributed by atoms with van der Waals surface area (Å²) in [5, 5.41) is 3.87. The third-order valence-electron chi connectivity index (χ3n) is 5.78. The van der Waals surface area contributed by atoms with Crippen molar-refractivity contribution in [2.24, 2.45) is 0 Å². The smallest absolute Gasteiger partial charge is 0.276 e. The van der Waals surface area contributed by atoms with Gasteiger partial charge in [-0.15, -0.1) is 0 Å². The van der Waals surface area contributed by atoms with Crippen molar-refractivity contribution in [3.05, 3.63) is 77.2 Å². The number of fused-ring (bicyclic) bond motifs is 3. The summed E-state index contributed by atoms with van der Waals surface area (Å²) in [4.78, 5) is 16.0. The number of carbonyl (C=O) groups is 1. The van der Waals surface area contributed by atoms with Gasteiger partial charge in [0.25, 0.3) is 5.91 Å². The Labute approximate surface area is 158 Å². The third kappa shape index (κ3) is 2.66. The second-order valence-corrected chi connectivity index (χ2v) is 7.38. The van der Waals surface area contributed by atoms with E-state index in [9.17, 15) is 4.79 Å². The van der Waals surface area contributed by atoms with E-state index >= 15 is 0 Å². The van der Waals surface area contributed by atoms with E-state index in [0.29, 0.717) is 17.5 Å². The van der Waals surface area contributed by atoms with Gasteiger partial charge in [0.2, 0.25) is 0 Å². The summed E-state index contributed by atoms with van der Waals surface area (Å²) >= 11 is 0. The molecule has 1 aliphatic carbocycles. The average molecular weight is 360 g/mol. The highest BCUT2D eigenvalue weighted by molar-refractivity contribution is 5.92. The molecule has 2 heterocycles. The molecule has 3 aromatic rings. The molecule has 0 bridgehead atoms. The summed E-state index contributed by atoms with van der Waals surface area (Å²) in [5.41, 5.74) is 5.91. The van der Waals surface area contributed by atoms with Crippen molar-refractivity contribution in [1.82, 2.24) is 10.1 Å². The molecule has 0 saturated carbocycles. The van der Waals surface area contributed by atoms with E-state index in [1.165, 1.54) is 27.2 Å². The van der Waals surface area contributed by atoms with E-state index < -0.39 is 0 Å². The molecular formula is C22H22N3O2+. The van der Waals surface area contributed by atoms with Gasteiger partial charge < -0.3 is 14.3 Å². The monoisotopic (exact) mass is 360 g/mol. The van der Waals surface area contributed by atoms with Crippen LogP contribution >= 0.6 is 0 Å². The van der Waals surface area contributed by atoms with Gasteiger partial charge in [-0.1, -0.05) is 53.7 Å². The van der Waals surface area contributed by atoms with Crippen LogP contribution in [0.5, 0.6) is 0 Å². The first kappa shape index (κ1) is 16.3. The van der Waals surface area contributed by atoms with Crippen LogP contribution in [0, 0.1) is 6.92 Å². The minimum absolute atomic E-state index is 0.0295. The van der Waals surface area contributed by atoms with Crippen molar-refractivity contribution in [2.75, 3.05) is 26.2 Å². The van der Waals surface area contributed by atoms with Gasteiger partial charge in [-0.2, -0.15) is 0 Å². The number of piperazine rings is 1. The van der Waals surface area contributed by atoms with E-state index in [2.05, 4.69) is 53.7 Å². The summed E-state index contributed by atoms with van der Waals surface area (Å²) in [6.07, 6.45) is 0. The maximum atomic E-state index is 12.6. The lowest BCUT2D eigenvalue weighted by atomic mass is 10.0. The Kier molecular flexibility index (Phi) is 3.83. The molecule has 5 rings (SSSR count). The number of nitrogens with one attached hydrogen (secondary N) is 1. The van der Waals surface area contributed by atoms with Crippen molar-refractivity contribution in [1.29, 1.82) is 0 Å². The molecule has 5 nitrogen and oxygen atoms in total. The molecular weight excluding hydrogens is 338 g/mol. The van der Waals surface area contributed by atoms with Gasteiger partial charge in [0, 0.05) is 17.2 Å². The van der Waals surface area contributed by atoms with Gasteiger partial charge in [-0.05, 0) is 18.1 Å². The van der Waals surface area contributed by atoms with Gasteiger partial charge in [-0.3, -0.25) is 4.79 Å². The van der Waals surface area contributed by atoms with Crippen LogP contribution in [0.3, 0.4) is 0 Å². The second-order valence-electron chi connectivity index (χ2n) is 7.38. The molecule has 1 amide bonds. The minimum atomic E-state index is -0.0295. The quantitative estimate of drug-likeness (QED) is 0.761. The summed E-state index contributed by atoms with van der Waals surface area (Å²) in [7, 11) is 0. The van der Waals surface area contributed by atoms with Crippen LogP contribution in [-0.2, 0) is 0 Å². The van der Waals surface area contributed by atoms with Crippen LogP contribution in [0.15, 0.2) is 59.1 Å². The van der Waals surface area contributed by atoms with Gasteiger partial charge >= 0.3 is 0 Å². The summed E-state index contributed by atoms with van der Waals surface area (Å²) in [6.45, 7) is 5.13. The lowest BCUT2D eigenvalue weighted by Crippen LogP contribution is -3.15. The van der Waals surface area contributed by atoms with Crippen LogP contribution in [-0.4, -0.2) is 42.1 Å². The molecule has 1 saturated heterocycles. The molecule has 1 fully saturated rings. The highest BCUT2D eigenvalue weighted by Gasteiger charge is 2.38. The molecule has 27 heavy (non-hydrogen) atoms. The Morgan fingerprint density at radius 2 is 1.63 bits per heavy atom. The summed E-state index contributed by atoms with van der Waals surface area (Å²) < 4.78 is 5.05. The molecule has 136 valence electrons. The van der Waals surface area contributed by atoms with Crippen LogP contribution in [0.25, 0.3) is 11.1 Å². The number of aromatic nitrogens is 1. The number of amides is 1. The zero-order valence-electron chi connectivity index (χ0n) is 15.3. The van der Waals surface area contributed by atoms with Gasteiger partial charge in [0.15, 0.2) is 5.69 Å². The molecule has 5 heteroatoms. The third-order valence-corrected chi connectivity index (χ3v) is 5.78. The first-order chi connectivity index (χ1) is 13.2. The highest BCUT2D eigenvalue weighted by Crippen LogP contribution is 2.41. The maximum Gasteiger partial charge on any atom is 0.276 e. The van der Waals surface area contributed by atoms with Crippen molar-refractivity contribution >= 4 is 5.91 Å². The molecule has 1 aromatic heterocycles. The van der Waals surface area contributed by atoms with Crippen molar-refractivity contribution in [3.63, 3.8) is 0 Å². The lowest BCUT2D eigenvalue weighted by Gasteiger charge is -2.35. The Morgan fingerprint density at radius 3 is 2.19 bits per heavy atom. The molecule has 0 unspecified atom stereocenters. The Morgan fingerprint density at radius 1 is 1.04 bits per heavy atom. The Balaban J connectivity index is 1.38. The van der Waals surface area contributed by atoms with Crippen LogP contribution in [0.2, 0.25) is 0 Å². The normalized spacial score (nSPS) is 17.0. The lowest BCUT2D eigenvalue weighted by molar-refractivity contribution is -0.928. The topological polar surface area (TPSA) is 50.8 Å². The van der Waals surface area contributed by atoms with Crippen LogP contribution < -0.4 is 4.90 Å². The fourth-order valence-electron chi connectivity index (χ4n) is 4.51. The number of quaternary nitrogens is 1. The fraction of sp³-hybridized carbons (Fsp3) is 0.273. The number of aryl methyl sites for hydroxylation is 1. The number of nitrogens with zero attached hydrogens (tertiary/aromatic N) is 2. The van der Waals surface area contributed by atoms with Crippen LogP contribution in [0.1, 0.15) is 33.4 Å². The van der Waals surface area contributed by atoms with Gasteiger partial charge in [0.1, 0.15) is 11.8 Å². The van der Waals surface area contributed by atoms with Gasteiger partial charge in [0.05, 0.1) is 26.2 Å². The largest absolute Gasteiger partial charge is 0.361 e. The number of rotatable bonds is 2. The van der Waals surface area contributed by atoms with Crippen molar-refractivity contribution < 1.29 is 14.2 Å². The Bertz CT molecular complexity index is 957. The highest BCUT2D eigenvalue weighted by atomic mass is 16.5. The Hall–Kier alpha value is -2.92. The second kappa shape index (κ2) is 6.35. The van der Waals surface area contributed by atoms with Gasteiger partial charge in [-0.25, -0.2) is 0 Å². The van der Waals surface area contributed by atoms with E-state index in [1.54, 1.807) is 13.0 Å². The standard InChI is InChI=1S/C22H21N3O2/c1-15-14-20(23-27-15)22(26)25-12-10-24(11-13-25)21-18-8-4-2-6-16(18)17-7-3-5-9-19(17)21/h2-9,14,21H,10-13H2,1H3/p+1. The molecule has 2 aliphatic rings. The fourth-order valence-corrected chi connectivity index (χ4v) is 4.51. The molecule has 1 N–H and O–H groups in total. The minimum Gasteiger partial charge on any atom is -0.361 e. The van der Waals surface area contributed by atoms with Crippen molar-refractivity contribution in [2.45, 2.75) is 13.0 Å². The first-order valence-corrected chi connectivity index (χ1v) is 9.48. The maximum absolute atomic E-state index is 12.6. The van der Waals surface area contributed by atoms with E-state index in [-0.39, 0.29) is 5.91 Å². The SMILES string of the molecule is Cc1cc(C(=O)N2CC[NH+](C3c4ccccc4-c4ccccc43)CC2)no1. The number of carbonyl (C=O) groups excluding carboxylic acids is 1. The molecule has 1 aliphatic heterocycles. The molecule has 0 spiro atoms. The zero-order valence-corrected chi connectivity index (χ0v) is 15.3. The van der Waals surface area contributed by atoms with E-state index in [1.807, 2.05) is 4.90 Å². The zero-order chi connectivity index (χ0) is 18.4.